The van der Waals surface area contributed by atoms with Gasteiger partial charge in [0.25, 0.3) is 0 Å². The molecule has 8 heteroatoms. The minimum absolute atomic E-state index is 0.0143. The first-order valence-electron chi connectivity index (χ1n) is 9.64. The van der Waals surface area contributed by atoms with Crippen molar-refractivity contribution in [3.05, 3.63) is 65.8 Å². The molecule has 0 bridgehead atoms. The third-order valence-corrected chi connectivity index (χ3v) is 5.69. The van der Waals surface area contributed by atoms with Gasteiger partial charge in [0, 0.05) is 29.7 Å². The van der Waals surface area contributed by atoms with Crippen molar-refractivity contribution in [3.8, 4) is 0 Å². The SMILES string of the molecule is CCCCN1C(=S)N[C@@H](c2ccccn2)[C@H]1c1cc(C)n(-n2cnnc2)c1C. The van der Waals surface area contributed by atoms with Crippen molar-refractivity contribution in [1.29, 1.82) is 0 Å². The second-order valence-electron chi connectivity index (χ2n) is 7.15. The first-order chi connectivity index (χ1) is 13.6. The number of pyridine rings is 1. The average molecular weight is 396 g/mol. The second-order valence-corrected chi connectivity index (χ2v) is 7.54. The number of hydrogen-bond donors (Lipinski definition) is 1. The summed E-state index contributed by atoms with van der Waals surface area (Å²) >= 11 is 5.73. The van der Waals surface area contributed by atoms with Gasteiger partial charge in [0.2, 0.25) is 0 Å². The Morgan fingerprint density at radius 1 is 1.18 bits per heavy atom. The van der Waals surface area contributed by atoms with Crippen LogP contribution in [0.1, 0.15) is 54.5 Å². The monoisotopic (exact) mass is 395 g/mol. The smallest absolute Gasteiger partial charge is 0.170 e. The summed E-state index contributed by atoms with van der Waals surface area (Å²) in [6.07, 6.45) is 7.49. The summed E-state index contributed by atoms with van der Waals surface area (Å²) < 4.78 is 4.03. The molecule has 3 aromatic rings. The van der Waals surface area contributed by atoms with Gasteiger partial charge in [0.05, 0.1) is 17.8 Å². The lowest BCUT2D eigenvalue weighted by Gasteiger charge is -2.28. The molecular formula is C20H25N7S. The van der Waals surface area contributed by atoms with E-state index in [1.807, 2.05) is 23.0 Å². The van der Waals surface area contributed by atoms with Crippen LogP contribution < -0.4 is 5.32 Å². The second kappa shape index (κ2) is 7.71. The lowest BCUT2D eigenvalue weighted by atomic mass is 9.96. The molecule has 7 nitrogen and oxygen atoms in total. The molecule has 3 aromatic heterocycles. The standard InChI is InChI=1S/C20H25N7S/c1-4-5-10-26-19(18(24-20(26)28)17-8-6-7-9-21-17)16-11-14(2)27(15(16)3)25-12-22-23-13-25/h6-9,11-13,18-19H,4-5,10H2,1-3H3,(H,24,28)/t18-,19+/m0/s1. The van der Waals surface area contributed by atoms with Crippen molar-refractivity contribution in [3.63, 3.8) is 0 Å². The van der Waals surface area contributed by atoms with Crippen LogP contribution in [0.4, 0.5) is 0 Å². The van der Waals surface area contributed by atoms with E-state index in [-0.39, 0.29) is 12.1 Å². The number of nitrogens with one attached hydrogen (secondary N) is 1. The molecule has 0 aliphatic carbocycles. The summed E-state index contributed by atoms with van der Waals surface area (Å²) in [6, 6.07) is 8.38. The number of thiocarbonyl (C=S) groups is 1. The van der Waals surface area contributed by atoms with Crippen molar-refractivity contribution in [2.24, 2.45) is 0 Å². The molecule has 1 N–H and O–H groups in total. The molecule has 1 aliphatic rings. The van der Waals surface area contributed by atoms with Crippen molar-refractivity contribution >= 4 is 17.3 Å². The van der Waals surface area contributed by atoms with Crippen LogP contribution >= 0.6 is 12.2 Å². The molecule has 0 radical (unpaired) electrons. The highest BCUT2D eigenvalue weighted by Gasteiger charge is 2.41. The number of unbranched alkanes of at least 4 members (excludes halogenated alkanes) is 1. The van der Waals surface area contributed by atoms with E-state index in [0.29, 0.717) is 0 Å². The molecule has 0 aromatic carbocycles. The van der Waals surface area contributed by atoms with Crippen molar-refractivity contribution in [2.75, 3.05) is 6.54 Å². The van der Waals surface area contributed by atoms with Crippen LogP contribution in [0.2, 0.25) is 0 Å². The number of rotatable bonds is 6. The Bertz CT molecular complexity index is 949. The largest absolute Gasteiger partial charge is 0.352 e. The maximum Gasteiger partial charge on any atom is 0.170 e. The molecule has 0 spiro atoms. The van der Waals surface area contributed by atoms with Gasteiger partial charge >= 0.3 is 0 Å². The summed E-state index contributed by atoms with van der Waals surface area (Å²) in [5.74, 6) is 0. The van der Waals surface area contributed by atoms with Gasteiger partial charge in [-0.2, -0.15) is 0 Å². The summed E-state index contributed by atoms with van der Waals surface area (Å²) in [7, 11) is 0. The lowest BCUT2D eigenvalue weighted by molar-refractivity contribution is 0.311. The molecule has 146 valence electrons. The van der Waals surface area contributed by atoms with Crippen molar-refractivity contribution in [2.45, 2.75) is 45.7 Å². The molecule has 28 heavy (non-hydrogen) atoms. The number of aryl methyl sites for hydroxylation is 1. The van der Waals surface area contributed by atoms with Crippen LogP contribution in [-0.2, 0) is 0 Å². The third kappa shape index (κ3) is 3.17. The average Bonchev–Trinajstić information content (AvgIpc) is 3.39. The van der Waals surface area contributed by atoms with Crippen LogP contribution in [0.15, 0.2) is 43.1 Å². The topological polar surface area (TPSA) is 63.8 Å². The lowest BCUT2D eigenvalue weighted by Crippen LogP contribution is -2.30. The van der Waals surface area contributed by atoms with Gasteiger partial charge in [-0.05, 0) is 50.7 Å². The van der Waals surface area contributed by atoms with Gasteiger partial charge in [-0.15, -0.1) is 10.2 Å². The van der Waals surface area contributed by atoms with E-state index >= 15 is 0 Å². The molecular weight excluding hydrogens is 370 g/mol. The molecule has 0 unspecified atom stereocenters. The molecule has 2 atom stereocenters. The fraction of sp³-hybridized carbons (Fsp3) is 0.400. The van der Waals surface area contributed by atoms with Crippen molar-refractivity contribution < 1.29 is 0 Å². The Hall–Kier alpha value is -2.74. The molecule has 4 rings (SSSR count). The number of aromatic nitrogens is 5. The predicted octanol–water partition coefficient (Wildman–Crippen LogP) is 3.18. The quantitative estimate of drug-likeness (QED) is 0.647. The van der Waals surface area contributed by atoms with Crippen LogP contribution in [0.25, 0.3) is 0 Å². The summed E-state index contributed by atoms with van der Waals surface area (Å²) in [5, 5.41) is 12.2. The first-order valence-corrected chi connectivity index (χ1v) is 10.0. The van der Waals surface area contributed by atoms with Gasteiger partial charge in [0.15, 0.2) is 5.11 Å². The van der Waals surface area contributed by atoms with E-state index in [9.17, 15) is 0 Å². The summed E-state index contributed by atoms with van der Waals surface area (Å²) in [4.78, 5) is 6.93. The molecule has 0 amide bonds. The number of nitrogens with zero attached hydrogens (tertiary/aromatic N) is 6. The van der Waals surface area contributed by atoms with Crippen molar-refractivity contribution in [1.82, 2.24) is 34.8 Å². The van der Waals surface area contributed by atoms with Crippen LogP contribution in [0.3, 0.4) is 0 Å². The van der Waals surface area contributed by atoms with Gasteiger partial charge in [-0.1, -0.05) is 19.4 Å². The Balaban J connectivity index is 1.81. The molecule has 0 saturated carbocycles. The highest BCUT2D eigenvalue weighted by atomic mass is 32.1. The third-order valence-electron chi connectivity index (χ3n) is 5.34. The predicted molar refractivity (Wildman–Crippen MR) is 112 cm³/mol. The minimum atomic E-state index is 0.0143. The first kappa shape index (κ1) is 18.6. The minimum Gasteiger partial charge on any atom is -0.352 e. The van der Waals surface area contributed by atoms with Gasteiger partial charge < -0.3 is 10.2 Å². The Morgan fingerprint density at radius 2 is 1.96 bits per heavy atom. The summed E-state index contributed by atoms with van der Waals surface area (Å²) in [6.45, 7) is 7.36. The van der Waals surface area contributed by atoms with E-state index < -0.39 is 0 Å². The molecule has 1 aliphatic heterocycles. The van der Waals surface area contributed by atoms with E-state index in [1.54, 1.807) is 12.7 Å². The fourth-order valence-corrected chi connectivity index (χ4v) is 4.38. The van der Waals surface area contributed by atoms with Crippen LogP contribution in [0, 0.1) is 13.8 Å². The highest BCUT2D eigenvalue weighted by molar-refractivity contribution is 7.80. The Kier molecular flexibility index (Phi) is 5.13. The summed E-state index contributed by atoms with van der Waals surface area (Å²) in [5.41, 5.74) is 4.52. The van der Waals surface area contributed by atoms with E-state index in [2.05, 4.69) is 63.0 Å². The zero-order valence-corrected chi connectivity index (χ0v) is 17.2. The molecule has 4 heterocycles. The Labute approximate surface area is 170 Å². The highest BCUT2D eigenvalue weighted by Crippen LogP contribution is 2.40. The van der Waals surface area contributed by atoms with Gasteiger partial charge in [-0.25, -0.2) is 4.68 Å². The zero-order valence-electron chi connectivity index (χ0n) is 16.4. The van der Waals surface area contributed by atoms with E-state index in [1.165, 1.54) is 5.56 Å². The van der Waals surface area contributed by atoms with Crippen LogP contribution in [0.5, 0.6) is 0 Å². The van der Waals surface area contributed by atoms with Crippen LogP contribution in [-0.4, -0.2) is 41.1 Å². The normalized spacial score (nSPS) is 19.2. The number of hydrogen-bond acceptors (Lipinski definition) is 4. The van der Waals surface area contributed by atoms with Gasteiger partial charge in [0.1, 0.15) is 12.7 Å². The zero-order chi connectivity index (χ0) is 19.7. The maximum absolute atomic E-state index is 5.73. The molecule has 1 saturated heterocycles. The van der Waals surface area contributed by atoms with E-state index in [4.69, 9.17) is 12.2 Å². The Morgan fingerprint density at radius 3 is 2.64 bits per heavy atom. The van der Waals surface area contributed by atoms with E-state index in [0.717, 1.165) is 41.6 Å². The molecule has 1 fully saturated rings. The fourth-order valence-electron chi connectivity index (χ4n) is 4.04. The maximum atomic E-state index is 5.73. The van der Waals surface area contributed by atoms with Gasteiger partial charge in [-0.3, -0.25) is 9.66 Å².